The van der Waals surface area contributed by atoms with Crippen LogP contribution in [0.25, 0.3) is 6.08 Å². The first kappa shape index (κ1) is 24.5. The molecule has 2 heterocycles. The molecule has 0 saturated heterocycles. The summed E-state index contributed by atoms with van der Waals surface area (Å²) in [5, 5.41) is 0. The van der Waals surface area contributed by atoms with Crippen LogP contribution in [-0.2, 0) is 9.53 Å². The van der Waals surface area contributed by atoms with E-state index in [2.05, 4.69) is 4.99 Å². The van der Waals surface area contributed by atoms with Crippen LogP contribution in [0.5, 0.6) is 11.5 Å². The number of carbonyl (C=O) groups excluding carboxylic acids is 1. The lowest BCUT2D eigenvalue weighted by molar-refractivity contribution is -0.139. The zero-order chi connectivity index (χ0) is 25.1. The number of allylic oxidation sites excluding steroid dienone is 1. The number of esters is 1. The van der Waals surface area contributed by atoms with Crippen LogP contribution in [0.3, 0.4) is 0 Å². The lowest BCUT2D eigenvalue weighted by Gasteiger charge is -2.26. The van der Waals surface area contributed by atoms with Gasteiger partial charge in [-0.05, 0) is 45.4 Å². The van der Waals surface area contributed by atoms with Crippen molar-refractivity contribution < 1.29 is 19.0 Å². The molecule has 4 rings (SSSR count). The SMILES string of the molecule is CCOC(=O)C1=C(C)N=c2sc(=Cc3ccc(C)cc3)c(=O)n2C1c1cccc(OC)c1OCC. The summed E-state index contributed by atoms with van der Waals surface area (Å²) in [5.41, 5.74) is 3.25. The number of rotatable bonds is 7. The molecule has 1 aromatic heterocycles. The van der Waals surface area contributed by atoms with Gasteiger partial charge in [-0.1, -0.05) is 53.3 Å². The number of aromatic nitrogens is 1. The summed E-state index contributed by atoms with van der Waals surface area (Å²) >= 11 is 1.29. The molecule has 1 aliphatic rings. The molecule has 8 heteroatoms. The number of ether oxygens (including phenoxy) is 3. The number of nitrogens with zero attached hydrogens (tertiary/aromatic N) is 2. The number of fused-ring (bicyclic) bond motifs is 1. The Hall–Kier alpha value is -3.65. The minimum atomic E-state index is -0.776. The number of carbonyl (C=O) groups is 1. The highest BCUT2D eigenvalue weighted by Gasteiger charge is 2.35. The molecule has 0 spiro atoms. The molecule has 0 N–H and O–H groups in total. The second-order valence-electron chi connectivity index (χ2n) is 8.02. The van der Waals surface area contributed by atoms with Gasteiger partial charge in [0.2, 0.25) is 0 Å². The molecule has 7 nitrogen and oxygen atoms in total. The number of hydrogen-bond donors (Lipinski definition) is 0. The first-order valence-corrected chi connectivity index (χ1v) is 12.3. The molecule has 2 aromatic carbocycles. The van der Waals surface area contributed by atoms with Gasteiger partial charge in [0, 0.05) is 5.56 Å². The molecule has 1 aliphatic heterocycles. The maximum Gasteiger partial charge on any atom is 0.338 e. The topological polar surface area (TPSA) is 79.1 Å². The average molecular weight is 493 g/mol. The van der Waals surface area contributed by atoms with Crippen molar-refractivity contribution in [2.45, 2.75) is 33.7 Å². The van der Waals surface area contributed by atoms with Crippen LogP contribution in [0, 0.1) is 6.92 Å². The Labute approximate surface area is 207 Å². The van der Waals surface area contributed by atoms with Crippen LogP contribution in [-0.4, -0.2) is 30.9 Å². The van der Waals surface area contributed by atoms with Crippen molar-refractivity contribution in [2.24, 2.45) is 4.99 Å². The highest BCUT2D eigenvalue weighted by Crippen LogP contribution is 2.40. The molecule has 0 saturated carbocycles. The first-order valence-electron chi connectivity index (χ1n) is 11.5. The summed E-state index contributed by atoms with van der Waals surface area (Å²) in [7, 11) is 1.56. The maximum absolute atomic E-state index is 13.8. The summed E-state index contributed by atoms with van der Waals surface area (Å²) in [6, 6.07) is 12.6. The van der Waals surface area contributed by atoms with Crippen molar-refractivity contribution in [3.63, 3.8) is 0 Å². The van der Waals surface area contributed by atoms with Crippen molar-refractivity contribution >= 4 is 23.4 Å². The van der Waals surface area contributed by atoms with E-state index < -0.39 is 12.0 Å². The predicted molar refractivity (Wildman–Crippen MR) is 136 cm³/mol. The number of aryl methyl sites for hydroxylation is 1. The predicted octanol–water partition coefficient (Wildman–Crippen LogP) is 3.51. The van der Waals surface area contributed by atoms with E-state index in [-0.39, 0.29) is 12.2 Å². The summed E-state index contributed by atoms with van der Waals surface area (Å²) < 4.78 is 19.0. The standard InChI is InChI=1S/C27H28N2O5S/c1-6-33-24-19(9-8-10-20(24)32-5)23-22(26(31)34-7-2)17(4)28-27-29(23)25(30)21(35-27)15-18-13-11-16(3)12-14-18/h8-15,23H,6-7H2,1-5H3. The number of benzene rings is 2. The van der Waals surface area contributed by atoms with Crippen LogP contribution >= 0.6 is 11.3 Å². The van der Waals surface area contributed by atoms with E-state index in [1.54, 1.807) is 31.6 Å². The summed E-state index contributed by atoms with van der Waals surface area (Å²) in [4.78, 5) is 32.0. The second-order valence-corrected chi connectivity index (χ2v) is 9.03. The molecule has 0 amide bonds. The van der Waals surface area contributed by atoms with Crippen LogP contribution in [0.4, 0.5) is 0 Å². The molecule has 1 atom stereocenters. The Balaban J connectivity index is 2.01. The van der Waals surface area contributed by atoms with Gasteiger partial charge in [0.25, 0.3) is 5.56 Å². The largest absolute Gasteiger partial charge is 0.493 e. The highest BCUT2D eigenvalue weighted by molar-refractivity contribution is 7.07. The number of para-hydroxylation sites is 1. The zero-order valence-electron chi connectivity index (χ0n) is 20.5. The maximum atomic E-state index is 13.8. The van der Waals surface area contributed by atoms with Crippen LogP contribution in [0.1, 0.15) is 43.5 Å². The van der Waals surface area contributed by atoms with Gasteiger partial charge in [-0.3, -0.25) is 9.36 Å². The van der Waals surface area contributed by atoms with Crippen molar-refractivity contribution in [2.75, 3.05) is 20.3 Å². The molecule has 0 fully saturated rings. The fourth-order valence-electron chi connectivity index (χ4n) is 4.11. The fourth-order valence-corrected chi connectivity index (χ4v) is 5.15. The summed E-state index contributed by atoms with van der Waals surface area (Å²) in [6.45, 7) is 7.99. The van der Waals surface area contributed by atoms with Gasteiger partial charge < -0.3 is 14.2 Å². The van der Waals surface area contributed by atoms with E-state index in [9.17, 15) is 9.59 Å². The number of hydrogen-bond acceptors (Lipinski definition) is 7. The van der Waals surface area contributed by atoms with Gasteiger partial charge in [0.1, 0.15) is 6.04 Å². The molecule has 1 unspecified atom stereocenters. The average Bonchev–Trinajstić information content (AvgIpc) is 3.14. The minimum absolute atomic E-state index is 0.205. The van der Waals surface area contributed by atoms with Crippen molar-refractivity contribution in [3.05, 3.63) is 90.1 Å². The monoisotopic (exact) mass is 492 g/mol. The summed E-state index contributed by atoms with van der Waals surface area (Å²) in [5.74, 6) is 0.480. The van der Waals surface area contributed by atoms with Crippen LogP contribution in [0.2, 0.25) is 0 Å². The molecule has 0 aliphatic carbocycles. The molecule has 182 valence electrons. The van der Waals surface area contributed by atoms with E-state index in [4.69, 9.17) is 14.2 Å². The second kappa shape index (κ2) is 10.3. The van der Waals surface area contributed by atoms with E-state index in [1.165, 1.54) is 11.3 Å². The van der Waals surface area contributed by atoms with E-state index >= 15 is 0 Å². The third-order valence-corrected chi connectivity index (χ3v) is 6.69. The van der Waals surface area contributed by atoms with Gasteiger partial charge >= 0.3 is 5.97 Å². The van der Waals surface area contributed by atoms with Gasteiger partial charge in [-0.15, -0.1) is 0 Å². The van der Waals surface area contributed by atoms with Gasteiger partial charge in [-0.2, -0.15) is 0 Å². The Bertz CT molecular complexity index is 1460. The van der Waals surface area contributed by atoms with E-state index in [0.29, 0.717) is 44.3 Å². The van der Waals surface area contributed by atoms with Crippen molar-refractivity contribution in [3.8, 4) is 11.5 Å². The quantitative estimate of drug-likeness (QED) is 0.472. The molecular formula is C27H28N2O5S. The normalized spacial score (nSPS) is 15.5. The Morgan fingerprint density at radius 2 is 1.86 bits per heavy atom. The van der Waals surface area contributed by atoms with Crippen LogP contribution in [0.15, 0.2) is 63.5 Å². The highest BCUT2D eigenvalue weighted by atomic mass is 32.1. The zero-order valence-corrected chi connectivity index (χ0v) is 21.3. The number of thiazole rings is 1. The Morgan fingerprint density at radius 3 is 2.51 bits per heavy atom. The van der Waals surface area contributed by atoms with Gasteiger partial charge in [0.05, 0.1) is 36.1 Å². The van der Waals surface area contributed by atoms with E-state index in [1.807, 2.05) is 56.3 Å². The Morgan fingerprint density at radius 1 is 1.11 bits per heavy atom. The van der Waals surface area contributed by atoms with Crippen LogP contribution < -0.4 is 24.4 Å². The molecule has 0 radical (unpaired) electrons. The summed E-state index contributed by atoms with van der Waals surface area (Å²) in [6.07, 6.45) is 1.85. The molecule has 3 aromatic rings. The minimum Gasteiger partial charge on any atom is -0.493 e. The van der Waals surface area contributed by atoms with Gasteiger partial charge in [0.15, 0.2) is 16.3 Å². The molecule has 35 heavy (non-hydrogen) atoms. The molecule has 0 bridgehead atoms. The fraction of sp³-hybridized carbons (Fsp3) is 0.296. The Kier molecular flexibility index (Phi) is 7.21. The lowest BCUT2D eigenvalue weighted by Crippen LogP contribution is -2.40. The van der Waals surface area contributed by atoms with Crippen molar-refractivity contribution in [1.29, 1.82) is 0 Å². The number of methoxy groups -OCH3 is 1. The smallest absolute Gasteiger partial charge is 0.338 e. The first-order chi connectivity index (χ1) is 16.9. The third kappa shape index (κ3) is 4.66. The third-order valence-electron chi connectivity index (χ3n) is 5.70. The van der Waals surface area contributed by atoms with Gasteiger partial charge in [-0.25, -0.2) is 9.79 Å². The van der Waals surface area contributed by atoms with E-state index in [0.717, 1.165) is 11.1 Å². The van der Waals surface area contributed by atoms with Crippen molar-refractivity contribution in [1.82, 2.24) is 4.57 Å². The molecular weight excluding hydrogens is 464 g/mol. The lowest BCUT2D eigenvalue weighted by atomic mass is 9.94.